The van der Waals surface area contributed by atoms with E-state index >= 15 is 0 Å². The van der Waals surface area contributed by atoms with Crippen molar-refractivity contribution in [2.45, 2.75) is 45.1 Å². The van der Waals surface area contributed by atoms with Gasteiger partial charge in [-0.3, -0.25) is 4.79 Å². The summed E-state index contributed by atoms with van der Waals surface area (Å²) < 4.78 is 1.96. The topological polar surface area (TPSA) is 58.4 Å². The van der Waals surface area contributed by atoms with Crippen molar-refractivity contribution in [2.75, 3.05) is 6.54 Å². The van der Waals surface area contributed by atoms with Crippen LogP contribution in [0.2, 0.25) is 0 Å². The lowest BCUT2D eigenvalue weighted by Crippen LogP contribution is -2.64. The summed E-state index contributed by atoms with van der Waals surface area (Å²) in [5.41, 5.74) is 4.59. The second-order valence-corrected chi connectivity index (χ2v) is 9.38. The summed E-state index contributed by atoms with van der Waals surface area (Å²) in [5.74, 6) is 0.398. The minimum atomic E-state index is -0.100. The van der Waals surface area contributed by atoms with E-state index in [-0.39, 0.29) is 22.8 Å². The van der Waals surface area contributed by atoms with E-state index in [2.05, 4.69) is 31.8 Å². The molecule has 0 unspecified atom stereocenters. The number of imidazole rings is 1. The number of carbonyl (C=O) groups excluding carboxylic acids is 1. The number of likely N-dealkylation sites (tertiary alicyclic amines) is 1. The van der Waals surface area contributed by atoms with E-state index in [1.165, 1.54) is 5.56 Å². The van der Waals surface area contributed by atoms with E-state index in [9.17, 15) is 9.90 Å². The Morgan fingerprint density at radius 1 is 1.21 bits per heavy atom. The van der Waals surface area contributed by atoms with Crippen molar-refractivity contribution >= 4 is 16.9 Å². The van der Waals surface area contributed by atoms with Gasteiger partial charge in [0.05, 0.1) is 17.4 Å². The molecule has 1 aromatic heterocycles. The largest absolute Gasteiger partial charge is 0.508 e. The molecule has 150 valence electrons. The number of carbonyl (C=O) groups is 1. The van der Waals surface area contributed by atoms with Gasteiger partial charge in [0, 0.05) is 30.6 Å². The van der Waals surface area contributed by atoms with Gasteiger partial charge in [-0.2, -0.15) is 0 Å². The van der Waals surface area contributed by atoms with Crippen molar-refractivity contribution in [3.8, 4) is 5.75 Å². The molecule has 2 aromatic carbocycles. The third-order valence-electron chi connectivity index (χ3n) is 7.86. The van der Waals surface area contributed by atoms with Gasteiger partial charge < -0.3 is 14.6 Å². The first-order valence-electron chi connectivity index (χ1n) is 10.3. The molecule has 1 N–H and O–H groups in total. The molecule has 1 aliphatic carbocycles. The molecule has 5 rings (SSSR count). The van der Waals surface area contributed by atoms with Gasteiger partial charge in [-0.1, -0.05) is 32.9 Å². The third-order valence-corrected chi connectivity index (χ3v) is 7.86. The van der Waals surface area contributed by atoms with Gasteiger partial charge >= 0.3 is 0 Å². The van der Waals surface area contributed by atoms with Crippen LogP contribution in [0.1, 0.15) is 48.7 Å². The Morgan fingerprint density at radius 3 is 2.79 bits per heavy atom. The Kier molecular flexibility index (Phi) is 3.67. The molecular weight excluding hydrogens is 362 g/mol. The molecule has 0 spiro atoms. The van der Waals surface area contributed by atoms with Gasteiger partial charge in [-0.25, -0.2) is 4.98 Å². The van der Waals surface area contributed by atoms with Crippen LogP contribution < -0.4 is 0 Å². The molecule has 3 aromatic rings. The zero-order valence-corrected chi connectivity index (χ0v) is 17.4. The number of aryl methyl sites for hydroxylation is 1. The number of hydrogen-bond acceptors (Lipinski definition) is 3. The maximum absolute atomic E-state index is 13.6. The fourth-order valence-electron chi connectivity index (χ4n) is 5.60. The summed E-state index contributed by atoms with van der Waals surface area (Å²) in [6, 6.07) is 11.7. The van der Waals surface area contributed by atoms with Crippen molar-refractivity contribution in [1.29, 1.82) is 0 Å². The zero-order valence-electron chi connectivity index (χ0n) is 17.4. The Bertz CT molecular complexity index is 1150. The van der Waals surface area contributed by atoms with Crippen LogP contribution in [-0.2, 0) is 18.9 Å². The molecular formula is C24H27N3O2. The Labute approximate surface area is 171 Å². The molecule has 1 aliphatic heterocycles. The SMILES string of the molecule is Cn1cnc2cc(C(=O)N3CC[C@@]4(C)c5cccc(O)c5C[C@@H]3C4(C)C)ccc21. The zero-order chi connectivity index (χ0) is 20.6. The van der Waals surface area contributed by atoms with Crippen LogP contribution in [0.5, 0.6) is 5.75 Å². The van der Waals surface area contributed by atoms with Crippen LogP contribution >= 0.6 is 0 Å². The Balaban J connectivity index is 1.57. The summed E-state index contributed by atoms with van der Waals surface area (Å²) in [4.78, 5) is 20.0. The van der Waals surface area contributed by atoms with Crippen molar-refractivity contribution in [3.05, 3.63) is 59.4 Å². The van der Waals surface area contributed by atoms with Gasteiger partial charge in [-0.15, -0.1) is 0 Å². The van der Waals surface area contributed by atoms with E-state index in [0.717, 1.165) is 29.6 Å². The standard InChI is InChI=1S/C24H27N3O2/c1-23(2)21-13-16-17(6-5-7-20(16)28)24(23,3)10-11-27(21)22(29)15-8-9-19-18(12-15)25-14-26(19)4/h5-9,12,14,21,28H,10-11,13H2,1-4H3/t21-,24+/m1/s1. The number of piperidine rings is 1. The van der Waals surface area contributed by atoms with Crippen molar-refractivity contribution in [1.82, 2.24) is 14.5 Å². The lowest BCUT2D eigenvalue weighted by molar-refractivity contribution is -0.0266. The molecule has 5 heteroatoms. The first-order chi connectivity index (χ1) is 13.7. The number of aromatic hydroxyl groups is 1. The number of nitrogens with zero attached hydrogens (tertiary/aromatic N) is 3. The molecule has 2 atom stereocenters. The first-order valence-corrected chi connectivity index (χ1v) is 10.3. The summed E-state index contributed by atoms with van der Waals surface area (Å²) in [7, 11) is 1.96. The number of amides is 1. The highest BCUT2D eigenvalue weighted by molar-refractivity contribution is 5.97. The molecule has 29 heavy (non-hydrogen) atoms. The minimum absolute atomic E-state index is 0.0361. The summed E-state index contributed by atoms with van der Waals surface area (Å²) in [5, 5.41) is 10.5. The highest BCUT2D eigenvalue weighted by Crippen LogP contribution is 2.57. The van der Waals surface area contributed by atoms with Gasteiger partial charge in [0.15, 0.2) is 0 Å². The Hall–Kier alpha value is -2.82. The maximum atomic E-state index is 13.6. The van der Waals surface area contributed by atoms with Crippen molar-refractivity contribution < 1.29 is 9.90 Å². The van der Waals surface area contributed by atoms with E-state index < -0.39 is 0 Å². The van der Waals surface area contributed by atoms with Gasteiger partial charge in [0.1, 0.15) is 5.75 Å². The highest BCUT2D eigenvalue weighted by Gasteiger charge is 2.57. The summed E-state index contributed by atoms with van der Waals surface area (Å²) >= 11 is 0. The molecule has 2 heterocycles. The maximum Gasteiger partial charge on any atom is 0.254 e. The monoisotopic (exact) mass is 389 g/mol. The average molecular weight is 389 g/mol. The lowest BCUT2D eigenvalue weighted by Gasteiger charge is -2.60. The number of phenolic OH excluding ortho intramolecular Hbond substituents is 1. The highest BCUT2D eigenvalue weighted by atomic mass is 16.3. The molecule has 1 amide bonds. The van der Waals surface area contributed by atoms with Crippen LogP contribution in [-0.4, -0.2) is 38.1 Å². The van der Waals surface area contributed by atoms with Gasteiger partial charge in [0.25, 0.3) is 5.91 Å². The number of benzene rings is 2. The molecule has 2 aliphatic rings. The normalized spacial score (nSPS) is 25.1. The van der Waals surface area contributed by atoms with Crippen LogP contribution in [0, 0.1) is 5.41 Å². The van der Waals surface area contributed by atoms with Crippen LogP contribution in [0.15, 0.2) is 42.7 Å². The minimum Gasteiger partial charge on any atom is -0.508 e. The third kappa shape index (κ3) is 2.33. The quantitative estimate of drug-likeness (QED) is 0.683. The Morgan fingerprint density at radius 2 is 2.00 bits per heavy atom. The fourth-order valence-corrected chi connectivity index (χ4v) is 5.60. The van der Waals surface area contributed by atoms with Gasteiger partial charge in [-0.05, 0) is 53.6 Å². The second kappa shape index (κ2) is 5.85. The molecule has 5 nitrogen and oxygen atoms in total. The first kappa shape index (κ1) is 18.2. The summed E-state index contributed by atoms with van der Waals surface area (Å²) in [6.07, 6.45) is 3.34. The molecule has 0 saturated carbocycles. The van der Waals surface area contributed by atoms with Crippen LogP contribution in [0.3, 0.4) is 0 Å². The number of hydrogen-bond donors (Lipinski definition) is 1. The van der Waals surface area contributed by atoms with Crippen molar-refractivity contribution in [2.24, 2.45) is 12.5 Å². The van der Waals surface area contributed by atoms with E-state index in [1.54, 1.807) is 12.4 Å². The van der Waals surface area contributed by atoms with E-state index in [4.69, 9.17) is 0 Å². The van der Waals surface area contributed by atoms with E-state index in [1.807, 2.05) is 40.8 Å². The fraction of sp³-hybridized carbons (Fsp3) is 0.417. The molecule has 0 radical (unpaired) electrons. The molecule has 2 bridgehead atoms. The average Bonchev–Trinajstić information content (AvgIpc) is 3.05. The molecule has 1 saturated heterocycles. The van der Waals surface area contributed by atoms with E-state index in [0.29, 0.717) is 17.7 Å². The lowest BCUT2D eigenvalue weighted by atomic mass is 9.51. The predicted octanol–water partition coefficient (Wildman–Crippen LogP) is 4.03. The van der Waals surface area contributed by atoms with Crippen molar-refractivity contribution in [3.63, 3.8) is 0 Å². The van der Waals surface area contributed by atoms with Gasteiger partial charge in [0.2, 0.25) is 0 Å². The number of phenols is 1. The number of rotatable bonds is 1. The second-order valence-electron chi connectivity index (χ2n) is 9.38. The smallest absolute Gasteiger partial charge is 0.254 e. The summed E-state index contributed by atoms with van der Waals surface area (Å²) in [6.45, 7) is 7.55. The van der Waals surface area contributed by atoms with Crippen LogP contribution in [0.4, 0.5) is 0 Å². The predicted molar refractivity (Wildman–Crippen MR) is 113 cm³/mol. The molecule has 1 fully saturated rings. The number of fused-ring (bicyclic) bond motifs is 5. The van der Waals surface area contributed by atoms with Crippen LogP contribution in [0.25, 0.3) is 11.0 Å². The number of aromatic nitrogens is 2.